The number of nitriles is 2. The lowest BCUT2D eigenvalue weighted by molar-refractivity contribution is 0.0882. The highest BCUT2D eigenvalue weighted by atomic mass is 16.3. The van der Waals surface area contributed by atoms with Gasteiger partial charge >= 0.3 is 0 Å². The average Bonchev–Trinajstić information content (AvgIpc) is 3.49. The van der Waals surface area contributed by atoms with E-state index in [1.807, 2.05) is 23.1 Å². The molecule has 0 aromatic carbocycles. The van der Waals surface area contributed by atoms with Crippen LogP contribution in [0.25, 0.3) is 28.0 Å². The summed E-state index contributed by atoms with van der Waals surface area (Å²) in [6.07, 6.45) is 12.0. The Morgan fingerprint density at radius 1 is 1.10 bits per heavy atom. The van der Waals surface area contributed by atoms with Crippen molar-refractivity contribution in [3.05, 3.63) is 43.2 Å². The first-order valence-corrected chi connectivity index (χ1v) is 9.46. The molecule has 1 saturated carbocycles. The predicted octanol–water partition coefficient (Wildman–Crippen LogP) is 1.95. The van der Waals surface area contributed by atoms with Crippen LogP contribution in [-0.4, -0.2) is 39.3 Å². The summed E-state index contributed by atoms with van der Waals surface area (Å²) in [7, 11) is 0. The van der Waals surface area contributed by atoms with Crippen molar-refractivity contribution in [2.75, 3.05) is 0 Å². The van der Waals surface area contributed by atoms with Crippen LogP contribution in [0.1, 0.15) is 19.3 Å². The quantitative estimate of drug-likeness (QED) is 0.542. The minimum Gasteiger partial charge on any atom is -0.374 e. The van der Waals surface area contributed by atoms with Crippen LogP contribution in [0, 0.1) is 28.6 Å². The molecule has 0 aliphatic heterocycles. The third-order valence-corrected chi connectivity index (χ3v) is 5.65. The number of fused-ring (bicyclic) bond motifs is 1. The average molecular weight is 399 g/mol. The molecule has 1 N–H and O–H groups in total. The van der Waals surface area contributed by atoms with Crippen LogP contribution in [0.3, 0.4) is 0 Å². The van der Waals surface area contributed by atoms with Crippen LogP contribution in [-0.2, 0) is 12.3 Å². The molecule has 1 aliphatic carbocycles. The van der Waals surface area contributed by atoms with Crippen LogP contribution >= 0.6 is 0 Å². The summed E-state index contributed by atoms with van der Waals surface area (Å²) in [5.41, 5.74) is 3.31. The van der Waals surface area contributed by atoms with E-state index >= 15 is 0 Å². The maximum absolute atomic E-state index is 9.29. The Hall–Kier alpha value is -4.02. The minimum atomic E-state index is -0.441. The largest absolute Gasteiger partial charge is 0.374 e. The lowest BCUT2D eigenvalue weighted by Crippen LogP contribution is -2.46. The van der Waals surface area contributed by atoms with Crippen LogP contribution in [0.15, 0.2) is 43.2 Å². The molecule has 0 unspecified atom stereocenters. The molecule has 4 heterocycles. The van der Waals surface area contributed by atoms with Gasteiger partial charge < -0.3 is 5.11 Å². The molecule has 5 rings (SSSR count). The molecule has 148 valence electrons. The lowest BCUT2D eigenvalue weighted by atomic mass is 9.67. The standard InChI is InChI=1S/C20H17N9O/c21-3-2-20(5-14(6-20)7-22)29-11-16(9-25-29)19-18-1-4-23-28(18)12-17(26-19)15-8-24-27(10-15)13-30/h1,4,8-12,14,30H,2,5-6,13H2/t14-,20-. The molecule has 0 atom stereocenters. The summed E-state index contributed by atoms with van der Waals surface area (Å²) >= 11 is 0. The molecular weight excluding hydrogens is 382 g/mol. The van der Waals surface area contributed by atoms with Crippen molar-refractivity contribution in [1.29, 1.82) is 10.5 Å². The van der Waals surface area contributed by atoms with E-state index in [4.69, 9.17) is 10.2 Å². The second-order valence-electron chi connectivity index (χ2n) is 7.51. The normalized spacial score (nSPS) is 20.6. The molecule has 1 fully saturated rings. The lowest BCUT2D eigenvalue weighted by Gasteiger charge is -2.43. The van der Waals surface area contributed by atoms with E-state index in [1.165, 1.54) is 4.68 Å². The van der Waals surface area contributed by atoms with Crippen molar-refractivity contribution in [3.8, 4) is 34.7 Å². The van der Waals surface area contributed by atoms with Gasteiger partial charge in [0.05, 0.1) is 71.7 Å². The number of nitrogens with zero attached hydrogens (tertiary/aromatic N) is 9. The Kier molecular flexibility index (Phi) is 4.09. The van der Waals surface area contributed by atoms with Gasteiger partial charge in [-0.3, -0.25) is 4.68 Å². The molecule has 10 heteroatoms. The van der Waals surface area contributed by atoms with Gasteiger partial charge in [0.25, 0.3) is 0 Å². The minimum absolute atomic E-state index is 0.0444. The predicted molar refractivity (Wildman–Crippen MR) is 104 cm³/mol. The number of aromatic nitrogens is 7. The molecule has 0 spiro atoms. The molecular formula is C20H17N9O. The zero-order valence-corrected chi connectivity index (χ0v) is 15.9. The first kappa shape index (κ1) is 18.0. The zero-order chi connectivity index (χ0) is 20.7. The van der Waals surface area contributed by atoms with Crippen molar-refractivity contribution in [2.45, 2.75) is 31.5 Å². The first-order chi connectivity index (χ1) is 14.7. The fourth-order valence-corrected chi connectivity index (χ4v) is 4.06. The topological polar surface area (TPSA) is 134 Å². The second-order valence-corrected chi connectivity index (χ2v) is 7.51. The number of rotatable bonds is 5. The van der Waals surface area contributed by atoms with E-state index in [9.17, 15) is 10.4 Å². The monoisotopic (exact) mass is 399 g/mol. The highest BCUT2D eigenvalue weighted by Gasteiger charge is 2.46. The van der Waals surface area contributed by atoms with E-state index in [2.05, 4.69) is 27.4 Å². The summed E-state index contributed by atoms with van der Waals surface area (Å²) in [5, 5.41) is 40.7. The summed E-state index contributed by atoms with van der Waals surface area (Å²) in [6, 6.07) is 6.39. The molecule has 10 nitrogen and oxygen atoms in total. The molecule has 4 aromatic rings. The smallest absolute Gasteiger partial charge is 0.136 e. The van der Waals surface area contributed by atoms with Gasteiger partial charge in [-0.05, 0) is 18.9 Å². The van der Waals surface area contributed by atoms with E-state index in [0.29, 0.717) is 30.7 Å². The number of hydrogen-bond acceptors (Lipinski definition) is 7. The van der Waals surface area contributed by atoms with Crippen molar-refractivity contribution in [1.82, 2.24) is 34.2 Å². The van der Waals surface area contributed by atoms with Gasteiger partial charge in [-0.1, -0.05) is 0 Å². The highest BCUT2D eigenvalue weighted by molar-refractivity contribution is 5.78. The zero-order valence-electron chi connectivity index (χ0n) is 15.9. The van der Waals surface area contributed by atoms with Gasteiger partial charge in [-0.15, -0.1) is 0 Å². The SMILES string of the molecule is N#CC[C@]1(n2cc(-c3nc(-c4cnn(CO)c4)cn4nccc34)cn2)C[C@H](C#N)C1. The maximum Gasteiger partial charge on any atom is 0.136 e. The molecule has 0 saturated heterocycles. The third kappa shape index (κ3) is 2.74. The van der Waals surface area contributed by atoms with Gasteiger partial charge in [-0.2, -0.15) is 25.8 Å². The summed E-state index contributed by atoms with van der Waals surface area (Å²) in [6.45, 7) is -0.214. The van der Waals surface area contributed by atoms with Crippen molar-refractivity contribution in [3.63, 3.8) is 0 Å². The summed E-state index contributed by atoms with van der Waals surface area (Å²) in [4.78, 5) is 4.81. The van der Waals surface area contributed by atoms with Crippen LogP contribution in [0.4, 0.5) is 0 Å². The van der Waals surface area contributed by atoms with E-state index in [1.54, 1.807) is 29.3 Å². The Morgan fingerprint density at radius 2 is 1.93 bits per heavy atom. The molecule has 0 radical (unpaired) electrons. The first-order valence-electron chi connectivity index (χ1n) is 9.46. The van der Waals surface area contributed by atoms with Crippen molar-refractivity contribution >= 4 is 5.52 Å². The van der Waals surface area contributed by atoms with Gasteiger partial charge in [-0.25, -0.2) is 14.2 Å². The fourth-order valence-electron chi connectivity index (χ4n) is 4.06. The Bertz CT molecular complexity index is 1310. The number of aliphatic hydroxyl groups excluding tert-OH is 1. The number of aliphatic hydroxyl groups is 1. The van der Waals surface area contributed by atoms with Crippen LogP contribution in [0.2, 0.25) is 0 Å². The Morgan fingerprint density at radius 3 is 2.67 bits per heavy atom. The molecule has 1 aliphatic rings. The third-order valence-electron chi connectivity index (χ3n) is 5.65. The molecule has 4 aromatic heterocycles. The van der Waals surface area contributed by atoms with E-state index < -0.39 is 5.54 Å². The van der Waals surface area contributed by atoms with Crippen LogP contribution in [0.5, 0.6) is 0 Å². The van der Waals surface area contributed by atoms with Crippen molar-refractivity contribution < 1.29 is 5.11 Å². The molecule has 30 heavy (non-hydrogen) atoms. The van der Waals surface area contributed by atoms with E-state index in [0.717, 1.165) is 16.6 Å². The van der Waals surface area contributed by atoms with Crippen LogP contribution < -0.4 is 0 Å². The van der Waals surface area contributed by atoms with Gasteiger partial charge in [0.1, 0.15) is 6.73 Å². The van der Waals surface area contributed by atoms with Crippen molar-refractivity contribution in [2.24, 2.45) is 5.92 Å². The molecule has 0 bridgehead atoms. The van der Waals surface area contributed by atoms with Gasteiger partial charge in [0.15, 0.2) is 0 Å². The summed E-state index contributed by atoms with van der Waals surface area (Å²) < 4.78 is 4.96. The number of hydrogen-bond donors (Lipinski definition) is 1. The van der Waals surface area contributed by atoms with Gasteiger partial charge in [0, 0.05) is 23.5 Å². The highest BCUT2D eigenvalue weighted by Crippen LogP contribution is 2.46. The second kappa shape index (κ2) is 6.79. The Balaban J connectivity index is 1.58. The summed E-state index contributed by atoms with van der Waals surface area (Å²) in [5.74, 6) is -0.0444. The maximum atomic E-state index is 9.29. The Labute approximate surface area is 171 Å². The molecule has 0 amide bonds. The van der Waals surface area contributed by atoms with E-state index in [-0.39, 0.29) is 12.6 Å². The fraction of sp³-hybridized carbons (Fsp3) is 0.300. The van der Waals surface area contributed by atoms with Gasteiger partial charge in [0.2, 0.25) is 0 Å².